The summed E-state index contributed by atoms with van der Waals surface area (Å²) in [6.07, 6.45) is 0.926. The van der Waals surface area contributed by atoms with Gasteiger partial charge in [0.2, 0.25) is 0 Å². The Labute approximate surface area is 172 Å². The molecule has 0 N–H and O–H groups in total. The highest BCUT2D eigenvalue weighted by molar-refractivity contribution is 5.78. The fourth-order valence-corrected chi connectivity index (χ4v) is 3.45. The molecule has 2 aromatic rings. The van der Waals surface area contributed by atoms with Crippen LogP contribution in [0.15, 0.2) is 42.5 Å². The topological polar surface area (TPSA) is 65.8 Å². The SMILES string of the molecule is COc1cc(C)ccc1OCC(=O)N1CCCN(Cc2ccc(C#N)cc2)CC1. The largest absolute Gasteiger partial charge is 0.493 e. The maximum Gasteiger partial charge on any atom is 0.260 e. The van der Waals surface area contributed by atoms with Gasteiger partial charge >= 0.3 is 0 Å². The number of nitriles is 1. The van der Waals surface area contributed by atoms with Crippen LogP contribution in [0.4, 0.5) is 0 Å². The molecule has 1 heterocycles. The molecular weight excluding hydrogens is 366 g/mol. The number of aryl methyl sites for hydroxylation is 1. The monoisotopic (exact) mass is 393 g/mol. The van der Waals surface area contributed by atoms with Crippen LogP contribution in [0.25, 0.3) is 0 Å². The molecule has 0 aromatic heterocycles. The summed E-state index contributed by atoms with van der Waals surface area (Å²) in [6, 6.07) is 15.5. The van der Waals surface area contributed by atoms with Gasteiger partial charge in [-0.2, -0.15) is 5.26 Å². The van der Waals surface area contributed by atoms with Crippen LogP contribution in [0.3, 0.4) is 0 Å². The Morgan fingerprint density at radius 3 is 2.59 bits per heavy atom. The van der Waals surface area contributed by atoms with Crippen molar-refractivity contribution in [1.29, 1.82) is 5.26 Å². The van der Waals surface area contributed by atoms with Gasteiger partial charge in [0.25, 0.3) is 5.91 Å². The number of methoxy groups -OCH3 is 1. The second kappa shape index (κ2) is 9.94. The number of carbonyl (C=O) groups is 1. The number of hydrogen-bond donors (Lipinski definition) is 0. The number of benzene rings is 2. The van der Waals surface area contributed by atoms with E-state index in [4.69, 9.17) is 14.7 Å². The van der Waals surface area contributed by atoms with Crippen LogP contribution in [-0.4, -0.2) is 55.6 Å². The molecule has 1 saturated heterocycles. The second-order valence-electron chi connectivity index (χ2n) is 7.26. The van der Waals surface area contributed by atoms with E-state index in [2.05, 4.69) is 11.0 Å². The molecule has 1 amide bonds. The summed E-state index contributed by atoms with van der Waals surface area (Å²) in [5.74, 6) is 1.22. The van der Waals surface area contributed by atoms with Gasteiger partial charge in [0.1, 0.15) is 0 Å². The fraction of sp³-hybridized carbons (Fsp3) is 0.391. The van der Waals surface area contributed by atoms with E-state index in [1.54, 1.807) is 7.11 Å². The first kappa shape index (κ1) is 20.7. The number of nitrogens with zero attached hydrogens (tertiary/aromatic N) is 3. The summed E-state index contributed by atoms with van der Waals surface area (Å²) in [5, 5.41) is 8.91. The third-order valence-corrected chi connectivity index (χ3v) is 5.10. The molecule has 1 aliphatic heterocycles. The Kier molecular flexibility index (Phi) is 7.09. The van der Waals surface area contributed by atoms with Crippen molar-refractivity contribution >= 4 is 5.91 Å². The Balaban J connectivity index is 1.51. The summed E-state index contributed by atoms with van der Waals surface area (Å²) in [4.78, 5) is 16.9. The van der Waals surface area contributed by atoms with Gasteiger partial charge in [0.15, 0.2) is 18.1 Å². The lowest BCUT2D eigenvalue weighted by Gasteiger charge is -2.22. The molecule has 6 nitrogen and oxygen atoms in total. The molecule has 0 atom stereocenters. The van der Waals surface area contributed by atoms with Crippen LogP contribution < -0.4 is 9.47 Å². The molecule has 29 heavy (non-hydrogen) atoms. The van der Waals surface area contributed by atoms with Crippen molar-refractivity contribution in [3.63, 3.8) is 0 Å². The quantitative estimate of drug-likeness (QED) is 0.755. The molecule has 0 radical (unpaired) electrons. The summed E-state index contributed by atoms with van der Waals surface area (Å²) in [6.45, 7) is 5.99. The highest BCUT2D eigenvalue weighted by Crippen LogP contribution is 2.27. The van der Waals surface area contributed by atoms with Gasteiger partial charge in [-0.25, -0.2) is 0 Å². The third kappa shape index (κ3) is 5.72. The van der Waals surface area contributed by atoms with Crippen LogP contribution in [-0.2, 0) is 11.3 Å². The Morgan fingerprint density at radius 2 is 1.86 bits per heavy atom. The maximum atomic E-state index is 12.6. The van der Waals surface area contributed by atoms with Crippen molar-refractivity contribution in [2.75, 3.05) is 39.9 Å². The Hall–Kier alpha value is -3.04. The average molecular weight is 393 g/mol. The van der Waals surface area contributed by atoms with Crippen molar-refractivity contribution < 1.29 is 14.3 Å². The molecule has 6 heteroatoms. The first-order valence-electron chi connectivity index (χ1n) is 9.85. The van der Waals surface area contributed by atoms with E-state index in [1.165, 1.54) is 5.56 Å². The first-order valence-corrected chi connectivity index (χ1v) is 9.85. The summed E-state index contributed by atoms with van der Waals surface area (Å²) < 4.78 is 11.1. The molecule has 0 aliphatic carbocycles. The molecule has 1 fully saturated rings. The Morgan fingerprint density at radius 1 is 1.07 bits per heavy atom. The zero-order chi connectivity index (χ0) is 20.6. The van der Waals surface area contributed by atoms with Crippen LogP contribution in [0.5, 0.6) is 11.5 Å². The number of rotatable bonds is 6. The number of amides is 1. The molecule has 3 rings (SSSR count). The van der Waals surface area contributed by atoms with Gasteiger partial charge in [-0.1, -0.05) is 18.2 Å². The van der Waals surface area contributed by atoms with E-state index in [-0.39, 0.29) is 12.5 Å². The minimum Gasteiger partial charge on any atom is -0.493 e. The zero-order valence-electron chi connectivity index (χ0n) is 17.1. The number of hydrogen-bond acceptors (Lipinski definition) is 5. The highest BCUT2D eigenvalue weighted by Gasteiger charge is 2.20. The number of ether oxygens (including phenoxy) is 2. The van der Waals surface area contributed by atoms with Crippen LogP contribution in [0.2, 0.25) is 0 Å². The summed E-state index contributed by atoms with van der Waals surface area (Å²) in [7, 11) is 1.60. The van der Waals surface area contributed by atoms with Crippen molar-refractivity contribution in [1.82, 2.24) is 9.80 Å². The van der Waals surface area contributed by atoms with E-state index in [0.29, 0.717) is 23.6 Å². The zero-order valence-corrected chi connectivity index (χ0v) is 17.1. The van der Waals surface area contributed by atoms with Crippen LogP contribution in [0, 0.1) is 18.3 Å². The average Bonchev–Trinajstić information content (AvgIpc) is 2.98. The van der Waals surface area contributed by atoms with Gasteiger partial charge in [0.05, 0.1) is 18.7 Å². The fourth-order valence-electron chi connectivity index (χ4n) is 3.45. The minimum atomic E-state index is -0.00662. The first-order chi connectivity index (χ1) is 14.1. The normalized spacial score (nSPS) is 14.7. The predicted molar refractivity (Wildman–Crippen MR) is 111 cm³/mol. The smallest absolute Gasteiger partial charge is 0.260 e. The second-order valence-corrected chi connectivity index (χ2v) is 7.26. The molecule has 152 valence electrons. The van der Waals surface area contributed by atoms with Crippen molar-refractivity contribution in [2.45, 2.75) is 19.9 Å². The third-order valence-electron chi connectivity index (χ3n) is 5.10. The van der Waals surface area contributed by atoms with Gasteiger partial charge in [-0.3, -0.25) is 9.69 Å². The van der Waals surface area contributed by atoms with Crippen molar-refractivity contribution in [3.8, 4) is 17.6 Å². The molecule has 1 aliphatic rings. The summed E-state index contributed by atoms with van der Waals surface area (Å²) >= 11 is 0. The van der Waals surface area contributed by atoms with Crippen molar-refractivity contribution in [3.05, 3.63) is 59.2 Å². The van der Waals surface area contributed by atoms with Gasteiger partial charge in [-0.15, -0.1) is 0 Å². The molecule has 0 bridgehead atoms. The van der Waals surface area contributed by atoms with E-state index in [1.807, 2.05) is 54.3 Å². The standard InChI is InChI=1S/C23H27N3O3/c1-18-4-9-21(22(14-18)28-2)29-17-23(27)26-11-3-10-25(12-13-26)16-20-7-5-19(15-24)6-8-20/h4-9,14H,3,10-13,16-17H2,1-2H3. The maximum absolute atomic E-state index is 12.6. The molecule has 2 aromatic carbocycles. The highest BCUT2D eigenvalue weighted by atomic mass is 16.5. The summed E-state index contributed by atoms with van der Waals surface area (Å²) in [5.41, 5.74) is 2.93. The van der Waals surface area contributed by atoms with Crippen LogP contribution >= 0.6 is 0 Å². The van der Waals surface area contributed by atoms with Gasteiger partial charge < -0.3 is 14.4 Å². The van der Waals surface area contributed by atoms with E-state index in [0.717, 1.165) is 38.2 Å². The predicted octanol–water partition coefficient (Wildman–Crippen LogP) is 2.99. The Bertz CT molecular complexity index is 874. The number of carbonyl (C=O) groups excluding carboxylic acids is 1. The van der Waals surface area contributed by atoms with E-state index in [9.17, 15) is 4.79 Å². The van der Waals surface area contributed by atoms with E-state index < -0.39 is 0 Å². The molecule has 0 saturated carbocycles. The lowest BCUT2D eigenvalue weighted by Crippen LogP contribution is -2.38. The molecular formula is C23H27N3O3. The van der Waals surface area contributed by atoms with E-state index >= 15 is 0 Å². The van der Waals surface area contributed by atoms with Gasteiger partial charge in [-0.05, 0) is 48.7 Å². The van der Waals surface area contributed by atoms with Gasteiger partial charge in [0, 0.05) is 32.7 Å². The van der Waals surface area contributed by atoms with Crippen LogP contribution in [0.1, 0.15) is 23.1 Å². The minimum absolute atomic E-state index is 0.00662. The van der Waals surface area contributed by atoms with Crippen molar-refractivity contribution in [2.24, 2.45) is 0 Å². The lowest BCUT2D eigenvalue weighted by molar-refractivity contribution is -0.133. The molecule has 0 unspecified atom stereocenters. The molecule has 0 spiro atoms. The lowest BCUT2D eigenvalue weighted by atomic mass is 10.1.